The molecule has 2 aromatic carbocycles. The van der Waals surface area contributed by atoms with E-state index in [2.05, 4.69) is 23.5 Å². The Labute approximate surface area is 263 Å². The van der Waals surface area contributed by atoms with Gasteiger partial charge < -0.3 is 20.3 Å². The lowest BCUT2D eigenvalue weighted by molar-refractivity contribution is -0.141. The molecule has 2 N–H and O–H groups in total. The molecule has 2 aromatic rings. The molecule has 2 rings (SSSR count). The van der Waals surface area contributed by atoms with Crippen LogP contribution in [0.3, 0.4) is 0 Å². The minimum absolute atomic E-state index is 0.0753. The second kappa shape index (κ2) is 17.0. The molecule has 0 spiro atoms. The van der Waals surface area contributed by atoms with Gasteiger partial charge in [-0.3, -0.25) is 9.59 Å². The maximum Gasteiger partial charge on any atom is 0.408 e. The van der Waals surface area contributed by atoms with E-state index in [0.717, 1.165) is 31.2 Å². The molecule has 0 bridgehead atoms. The number of hydrogen-bond acceptors (Lipinski definition) is 4. The standard InChI is InChI=1S/C35H48ClN3O4/c1-9-11-12-13-16-22-39(33(41)29(23-24(3)4)37-34(42)43-35(6,7)8)31(27-20-15-14-19-26(27)10-2)32(40)38-30-25(5)18-17-21-28(30)36/h2,14-15,17-21,24,29,31H,9,11-13,16,22-23H2,1,3-8H3,(H,37,42)(H,38,40). The molecule has 43 heavy (non-hydrogen) atoms. The molecule has 8 heteroatoms. The summed E-state index contributed by atoms with van der Waals surface area (Å²) >= 11 is 6.49. The summed E-state index contributed by atoms with van der Waals surface area (Å²) in [6.07, 6.45) is 10.3. The van der Waals surface area contributed by atoms with Gasteiger partial charge in [-0.1, -0.05) is 94.3 Å². The Bertz CT molecular complexity index is 1260. The Kier molecular flexibility index (Phi) is 14.1. The van der Waals surface area contributed by atoms with Crippen LogP contribution in [0, 0.1) is 25.2 Å². The van der Waals surface area contributed by atoms with E-state index < -0.39 is 29.7 Å². The van der Waals surface area contributed by atoms with Crippen molar-refractivity contribution in [2.24, 2.45) is 5.92 Å². The number of ether oxygens (including phenoxy) is 1. The van der Waals surface area contributed by atoms with Crippen molar-refractivity contribution in [1.29, 1.82) is 0 Å². The van der Waals surface area contributed by atoms with Crippen LogP contribution in [0.15, 0.2) is 42.5 Å². The van der Waals surface area contributed by atoms with Crippen molar-refractivity contribution in [3.05, 3.63) is 64.2 Å². The Morgan fingerprint density at radius 2 is 1.70 bits per heavy atom. The molecule has 7 nitrogen and oxygen atoms in total. The van der Waals surface area contributed by atoms with Gasteiger partial charge in [0.2, 0.25) is 5.91 Å². The first kappa shape index (κ1) is 35.7. The number of halogens is 1. The summed E-state index contributed by atoms with van der Waals surface area (Å²) in [5, 5.41) is 6.16. The van der Waals surface area contributed by atoms with E-state index in [4.69, 9.17) is 22.8 Å². The number of para-hydroxylation sites is 1. The van der Waals surface area contributed by atoms with Gasteiger partial charge in [0.05, 0.1) is 10.7 Å². The first-order chi connectivity index (χ1) is 20.3. The Balaban J connectivity index is 2.64. The summed E-state index contributed by atoms with van der Waals surface area (Å²) in [7, 11) is 0. The molecule has 0 fully saturated rings. The normalized spacial score (nSPS) is 12.7. The summed E-state index contributed by atoms with van der Waals surface area (Å²) in [6, 6.07) is 10.5. The van der Waals surface area contributed by atoms with Gasteiger partial charge in [-0.25, -0.2) is 4.79 Å². The highest BCUT2D eigenvalue weighted by atomic mass is 35.5. The van der Waals surface area contributed by atoms with Crippen molar-refractivity contribution in [3.63, 3.8) is 0 Å². The van der Waals surface area contributed by atoms with E-state index in [1.807, 2.05) is 32.9 Å². The van der Waals surface area contributed by atoms with E-state index >= 15 is 0 Å². The number of rotatable bonds is 14. The van der Waals surface area contributed by atoms with Crippen molar-refractivity contribution in [3.8, 4) is 12.3 Å². The molecule has 0 aliphatic heterocycles. The highest BCUT2D eigenvalue weighted by molar-refractivity contribution is 6.34. The molecule has 0 heterocycles. The second-order valence-electron chi connectivity index (χ2n) is 12.3. The van der Waals surface area contributed by atoms with Crippen LogP contribution in [0.5, 0.6) is 0 Å². The topological polar surface area (TPSA) is 87.7 Å². The minimum Gasteiger partial charge on any atom is -0.444 e. The van der Waals surface area contributed by atoms with Crippen LogP contribution < -0.4 is 10.6 Å². The van der Waals surface area contributed by atoms with Gasteiger partial charge in [0.25, 0.3) is 5.91 Å². The highest BCUT2D eigenvalue weighted by Crippen LogP contribution is 2.31. The maximum atomic E-state index is 14.5. The number of aryl methyl sites for hydroxylation is 1. The molecular formula is C35H48ClN3O4. The van der Waals surface area contributed by atoms with Gasteiger partial charge in [0, 0.05) is 12.1 Å². The fourth-order valence-electron chi connectivity index (χ4n) is 4.89. The van der Waals surface area contributed by atoms with Crippen LogP contribution in [0.1, 0.15) is 103 Å². The predicted octanol–water partition coefficient (Wildman–Crippen LogP) is 8.05. The molecule has 0 aromatic heterocycles. The molecule has 0 saturated carbocycles. The predicted molar refractivity (Wildman–Crippen MR) is 175 cm³/mol. The zero-order valence-corrected chi connectivity index (χ0v) is 27.5. The molecule has 0 aliphatic rings. The fourth-order valence-corrected chi connectivity index (χ4v) is 5.16. The third-order valence-electron chi connectivity index (χ3n) is 6.92. The number of amides is 3. The number of hydrogen-bond donors (Lipinski definition) is 2. The average molecular weight is 610 g/mol. The number of terminal acetylenes is 1. The monoisotopic (exact) mass is 609 g/mol. The van der Waals surface area contributed by atoms with Crippen molar-refractivity contribution < 1.29 is 19.1 Å². The number of carbonyl (C=O) groups is 3. The first-order valence-corrected chi connectivity index (χ1v) is 15.6. The van der Waals surface area contributed by atoms with Gasteiger partial charge in [-0.05, 0) is 69.7 Å². The van der Waals surface area contributed by atoms with Crippen molar-refractivity contribution >= 4 is 35.2 Å². The lowest BCUT2D eigenvalue weighted by atomic mass is 9.95. The number of carbonyl (C=O) groups excluding carboxylic acids is 3. The van der Waals surface area contributed by atoms with Crippen molar-refractivity contribution in [2.45, 2.75) is 105 Å². The average Bonchev–Trinajstić information content (AvgIpc) is 2.92. The zero-order valence-electron chi connectivity index (χ0n) is 26.8. The van der Waals surface area contributed by atoms with Gasteiger partial charge in [0.1, 0.15) is 17.7 Å². The van der Waals surface area contributed by atoms with Crippen LogP contribution in [-0.4, -0.2) is 41.0 Å². The number of anilines is 1. The van der Waals surface area contributed by atoms with Crippen molar-refractivity contribution in [1.82, 2.24) is 10.2 Å². The molecular weight excluding hydrogens is 562 g/mol. The SMILES string of the molecule is C#Cc1ccccc1C(C(=O)Nc1c(C)cccc1Cl)N(CCCCCCC)C(=O)C(CC(C)C)NC(=O)OC(C)(C)C. The van der Waals surface area contributed by atoms with E-state index in [0.29, 0.717) is 41.2 Å². The first-order valence-electron chi connectivity index (χ1n) is 15.2. The molecule has 2 unspecified atom stereocenters. The Morgan fingerprint density at radius 3 is 2.30 bits per heavy atom. The largest absolute Gasteiger partial charge is 0.444 e. The van der Waals surface area contributed by atoms with Crippen LogP contribution >= 0.6 is 11.6 Å². The van der Waals surface area contributed by atoms with Crippen LogP contribution in [0.4, 0.5) is 10.5 Å². The number of benzene rings is 2. The van der Waals surface area contributed by atoms with E-state index in [9.17, 15) is 14.4 Å². The van der Waals surface area contributed by atoms with E-state index in [1.54, 1.807) is 56.0 Å². The summed E-state index contributed by atoms with van der Waals surface area (Å²) in [4.78, 5) is 43.2. The van der Waals surface area contributed by atoms with E-state index in [-0.39, 0.29) is 11.8 Å². The second-order valence-corrected chi connectivity index (χ2v) is 12.7. The smallest absolute Gasteiger partial charge is 0.408 e. The summed E-state index contributed by atoms with van der Waals surface area (Å²) in [5.74, 6) is 1.94. The molecule has 234 valence electrons. The molecule has 3 amide bonds. The van der Waals surface area contributed by atoms with Crippen LogP contribution in [0.25, 0.3) is 0 Å². The third-order valence-corrected chi connectivity index (χ3v) is 7.24. The molecule has 0 radical (unpaired) electrons. The van der Waals surface area contributed by atoms with Crippen molar-refractivity contribution in [2.75, 3.05) is 11.9 Å². The number of nitrogens with zero attached hydrogens (tertiary/aromatic N) is 1. The summed E-state index contributed by atoms with van der Waals surface area (Å²) < 4.78 is 5.50. The lowest BCUT2D eigenvalue weighted by Crippen LogP contribution is -2.53. The quantitative estimate of drug-likeness (QED) is 0.168. The molecule has 2 atom stereocenters. The van der Waals surface area contributed by atoms with Gasteiger partial charge in [-0.2, -0.15) is 0 Å². The molecule has 0 aliphatic carbocycles. The summed E-state index contributed by atoms with van der Waals surface area (Å²) in [5.41, 5.74) is 1.54. The number of unbranched alkanes of at least 4 members (excludes halogenated alkanes) is 4. The van der Waals surface area contributed by atoms with Crippen LogP contribution in [-0.2, 0) is 14.3 Å². The number of nitrogens with one attached hydrogen (secondary N) is 2. The Morgan fingerprint density at radius 1 is 1.02 bits per heavy atom. The summed E-state index contributed by atoms with van der Waals surface area (Å²) in [6.45, 7) is 13.5. The third kappa shape index (κ3) is 11.3. The zero-order chi connectivity index (χ0) is 32.2. The maximum absolute atomic E-state index is 14.5. The van der Waals surface area contributed by atoms with Gasteiger partial charge >= 0.3 is 6.09 Å². The van der Waals surface area contributed by atoms with Gasteiger partial charge in [0.15, 0.2) is 0 Å². The fraction of sp³-hybridized carbons (Fsp3) is 0.514. The lowest BCUT2D eigenvalue weighted by Gasteiger charge is -2.35. The van der Waals surface area contributed by atoms with Gasteiger partial charge in [-0.15, -0.1) is 6.42 Å². The molecule has 0 saturated heterocycles. The number of alkyl carbamates (subject to hydrolysis) is 1. The van der Waals surface area contributed by atoms with E-state index in [1.165, 1.54) is 0 Å². The highest BCUT2D eigenvalue weighted by Gasteiger charge is 2.37. The Hall–Kier alpha value is -3.50. The van der Waals surface area contributed by atoms with Crippen LogP contribution in [0.2, 0.25) is 5.02 Å². The minimum atomic E-state index is -1.07.